The van der Waals surface area contributed by atoms with Gasteiger partial charge in [-0.15, -0.1) is 0 Å². The van der Waals surface area contributed by atoms with E-state index in [1.807, 2.05) is 123 Å². The molecule has 0 saturated heterocycles. The number of hydrogen-bond acceptors (Lipinski definition) is 4. The van der Waals surface area contributed by atoms with Gasteiger partial charge >= 0.3 is 0 Å². The van der Waals surface area contributed by atoms with Gasteiger partial charge in [0.25, 0.3) is 0 Å². The van der Waals surface area contributed by atoms with Crippen molar-refractivity contribution in [3.05, 3.63) is 142 Å². The van der Waals surface area contributed by atoms with Gasteiger partial charge in [0.15, 0.2) is 0 Å². The molecule has 0 unspecified atom stereocenters. The van der Waals surface area contributed by atoms with Gasteiger partial charge in [-0.25, -0.2) is 0 Å². The van der Waals surface area contributed by atoms with Crippen LogP contribution in [0.5, 0.6) is 23.0 Å². The second kappa shape index (κ2) is 16.8. The first-order valence-electron chi connectivity index (χ1n) is 15.7. The Balaban J connectivity index is 0.000000178. The summed E-state index contributed by atoms with van der Waals surface area (Å²) in [5, 5.41) is 49.6. The second-order valence-corrected chi connectivity index (χ2v) is 12.8. The van der Waals surface area contributed by atoms with Crippen molar-refractivity contribution < 1.29 is 20.4 Å². The molecular weight excluding hydrogens is 888 g/mol. The fourth-order valence-corrected chi connectivity index (χ4v) is 6.91. The summed E-state index contributed by atoms with van der Waals surface area (Å²) in [6.45, 7) is 4.00. The summed E-state index contributed by atoms with van der Waals surface area (Å²) in [6.07, 6.45) is 0. The van der Waals surface area contributed by atoms with Crippen molar-refractivity contribution in [2.24, 2.45) is 0 Å². The number of hydrogen-bond donors (Lipinski definition) is 4. The minimum Gasteiger partial charge on any atom is -0.507 e. The van der Waals surface area contributed by atoms with E-state index in [1.54, 1.807) is 24.3 Å². The summed E-state index contributed by atoms with van der Waals surface area (Å²) >= 11 is 12.5. The normalized spacial score (nSPS) is 10.5. The first-order chi connectivity index (χ1) is 24.3. The van der Waals surface area contributed by atoms with Crippen molar-refractivity contribution in [2.75, 3.05) is 0 Å². The number of rotatable bonds is 2. The molecule has 0 radical (unpaired) electrons. The van der Waals surface area contributed by atoms with Crippen LogP contribution in [0.1, 0.15) is 13.8 Å². The van der Waals surface area contributed by atoms with E-state index < -0.39 is 0 Å². The lowest BCUT2D eigenvalue weighted by Gasteiger charge is -2.14. The molecule has 0 aliphatic rings. The summed E-state index contributed by atoms with van der Waals surface area (Å²) in [4.78, 5) is 0. The SMILES string of the molecule is BrBr.CC.Oc1ccc2cc(Br)ccc2c1-c1c(O)ccc2cc(Br)ccc12.Oc1ccc2ccccc2c1-c1c(O)ccc2ccccc12. The highest BCUT2D eigenvalue weighted by Gasteiger charge is 2.18. The summed E-state index contributed by atoms with van der Waals surface area (Å²) < 4.78 is 1.94. The Kier molecular flexibility index (Phi) is 12.5. The molecule has 0 aromatic heterocycles. The Hall–Kier alpha value is -4.08. The van der Waals surface area contributed by atoms with Crippen LogP contribution in [-0.2, 0) is 0 Å². The van der Waals surface area contributed by atoms with Gasteiger partial charge in [0.1, 0.15) is 23.0 Å². The number of phenolic OH excluding ortho intramolecular Hbond substituents is 4. The van der Waals surface area contributed by atoms with Crippen molar-refractivity contribution in [1.82, 2.24) is 0 Å². The molecule has 0 fully saturated rings. The molecule has 8 rings (SSSR count). The molecule has 0 amide bonds. The summed E-state index contributed by atoms with van der Waals surface area (Å²) in [5.41, 5.74) is 2.63. The zero-order valence-corrected chi connectivity index (χ0v) is 33.3. The highest BCUT2D eigenvalue weighted by Crippen LogP contribution is 2.46. The van der Waals surface area contributed by atoms with Gasteiger partial charge in [-0.1, -0.05) is 131 Å². The molecule has 0 aliphatic heterocycles. The third-order valence-corrected chi connectivity index (χ3v) is 9.22. The molecule has 0 saturated carbocycles. The summed E-state index contributed by atoms with van der Waals surface area (Å²) in [6, 6.07) is 41.7. The van der Waals surface area contributed by atoms with Crippen LogP contribution in [0.15, 0.2) is 142 Å². The first kappa shape index (κ1) is 37.2. The maximum absolute atomic E-state index is 10.5. The van der Waals surface area contributed by atoms with Crippen LogP contribution >= 0.6 is 60.1 Å². The molecule has 252 valence electrons. The highest BCUT2D eigenvalue weighted by molar-refractivity contribution is 9.93. The van der Waals surface area contributed by atoms with Gasteiger partial charge in [-0.3, -0.25) is 0 Å². The molecule has 4 nitrogen and oxygen atoms in total. The molecule has 0 aliphatic carbocycles. The van der Waals surface area contributed by atoms with Gasteiger partial charge in [-0.2, -0.15) is 0 Å². The first-order valence-corrected chi connectivity index (χ1v) is 21.0. The van der Waals surface area contributed by atoms with E-state index in [9.17, 15) is 20.4 Å². The Morgan fingerprint density at radius 1 is 0.340 bits per heavy atom. The van der Waals surface area contributed by atoms with Crippen LogP contribution in [0.25, 0.3) is 65.3 Å². The predicted molar refractivity (Wildman–Crippen MR) is 225 cm³/mol. The largest absolute Gasteiger partial charge is 0.507 e. The zero-order chi connectivity index (χ0) is 35.9. The second-order valence-electron chi connectivity index (χ2n) is 11.0. The maximum Gasteiger partial charge on any atom is 0.124 e. The molecule has 0 bridgehead atoms. The van der Waals surface area contributed by atoms with E-state index in [2.05, 4.69) is 60.1 Å². The fraction of sp³-hybridized carbons (Fsp3) is 0.0476. The Labute approximate surface area is 322 Å². The Bertz CT molecular complexity index is 2290. The van der Waals surface area contributed by atoms with Crippen molar-refractivity contribution in [2.45, 2.75) is 13.8 Å². The summed E-state index contributed by atoms with van der Waals surface area (Å²) in [7, 11) is 0. The summed E-state index contributed by atoms with van der Waals surface area (Å²) in [5.74, 6) is 0.641. The van der Waals surface area contributed by atoms with E-state index >= 15 is 0 Å². The van der Waals surface area contributed by atoms with Crippen molar-refractivity contribution in [3.63, 3.8) is 0 Å². The molecule has 0 atom stereocenters. The molecule has 8 aromatic rings. The third kappa shape index (κ3) is 7.49. The van der Waals surface area contributed by atoms with Crippen LogP contribution in [-0.4, -0.2) is 20.4 Å². The van der Waals surface area contributed by atoms with Crippen molar-refractivity contribution in [1.29, 1.82) is 0 Å². The molecule has 0 spiro atoms. The van der Waals surface area contributed by atoms with Gasteiger partial charge in [-0.05, 0) is 91.6 Å². The smallest absolute Gasteiger partial charge is 0.124 e. The van der Waals surface area contributed by atoms with Crippen molar-refractivity contribution >= 4 is 103 Å². The van der Waals surface area contributed by atoms with Crippen LogP contribution in [0.3, 0.4) is 0 Å². The van der Waals surface area contributed by atoms with Gasteiger partial charge in [0, 0.05) is 59.5 Å². The van der Waals surface area contributed by atoms with Crippen LogP contribution in [0.4, 0.5) is 0 Å². The van der Waals surface area contributed by atoms with Gasteiger partial charge in [0.05, 0.1) is 0 Å². The Morgan fingerprint density at radius 3 is 0.960 bits per heavy atom. The predicted octanol–water partition coefficient (Wildman–Crippen LogP) is 14.4. The van der Waals surface area contributed by atoms with Gasteiger partial charge in [0.2, 0.25) is 0 Å². The number of benzene rings is 8. The topological polar surface area (TPSA) is 80.9 Å². The minimum atomic E-state index is 0.149. The zero-order valence-electron chi connectivity index (χ0n) is 27.0. The lowest BCUT2D eigenvalue weighted by atomic mass is 9.92. The monoisotopic (exact) mass is 916 g/mol. The molecule has 50 heavy (non-hydrogen) atoms. The fourth-order valence-electron chi connectivity index (χ4n) is 6.15. The van der Waals surface area contributed by atoms with E-state index in [0.29, 0.717) is 22.3 Å². The van der Waals surface area contributed by atoms with Crippen LogP contribution < -0.4 is 0 Å². The molecule has 4 N–H and O–H groups in total. The molecule has 8 aromatic carbocycles. The van der Waals surface area contributed by atoms with E-state index in [0.717, 1.165) is 52.0 Å². The third-order valence-electron chi connectivity index (χ3n) is 8.23. The number of fused-ring (bicyclic) bond motifs is 4. The average Bonchev–Trinajstić information content (AvgIpc) is 3.14. The standard InChI is InChI=1S/C20H12Br2O2.C20H14O2.C2H6.Br2/c21-13-3-5-15-11(9-13)1-7-17(23)19(15)20-16-6-4-14(22)10-12(16)2-8-18(20)24;21-17-11-9-13-5-1-3-7-15(13)19(17)20-16-8-4-2-6-14(16)10-12-18(20)22;2*1-2/h1-10,23-24H;1-12,21-22H;1-2H3;. The van der Waals surface area contributed by atoms with E-state index in [1.165, 1.54) is 0 Å². The van der Waals surface area contributed by atoms with E-state index in [4.69, 9.17) is 0 Å². The van der Waals surface area contributed by atoms with Gasteiger partial charge < -0.3 is 20.4 Å². The molecule has 0 heterocycles. The highest BCUT2D eigenvalue weighted by atomic mass is 80.9. The minimum absolute atomic E-state index is 0.149. The number of aromatic hydroxyl groups is 4. The van der Waals surface area contributed by atoms with Crippen LogP contribution in [0.2, 0.25) is 0 Å². The quantitative estimate of drug-likeness (QED) is 0.139. The lowest BCUT2D eigenvalue weighted by molar-refractivity contribution is 0.470. The maximum atomic E-state index is 10.5. The van der Waals surface area contributed by atoms with E-state index in [-0.39, 0.29) is 23.0 Å². The lowest BCUT2D eigenvalue weighted by Crippen LogP contribution is -1.87. The Morgan fingerprint density at radius 2 is 0.620 bits per heavy atom. The number of phenols is 4. The average molecular weight is 920 g/mol. The number of halogens is 4. The van der Waals surface area contributed by atoms with Crippen LogP contribution in [0, 0.1) is 0 Å². The van der Waals surface area contributed by atoms with Crippen molar-refractivity contribution in [3.8, 4) is 45.3 Å². The molecule has 8 heteroatoms. The molecular formula is C42H32Br4O4.